The molecule has 4 rings (SSSR count). The van der Waals surface area contributed by atoms with Gasteiger partial charge in [0.15, 0.2) is 0 Å². The summed E-state index contributed by atoms with van der Waals surface area (Å²) in [5.41, 5.74) is 4.56. The lowest BCUT2D eigenvalue weighted by molar-refractivity contribution is 0.0666. The fourth-order valence-corrected chi connectivity index (χ4v) is 3.48. The largest absolute Gasteiger partial charge is 0.489 e. The van der Waals surface area contributed by atoms with Crippen LogP contribution >= 0.6 is 0 Å². The van der Waals surface area contributed by atoms with Gasteiger partial charge in [0, 0.05) is 12.2 Å². The number of nitrogens with one attached hydrogen (secondary N) is 1. The third-order valence-corrected chi connectivity index (χ3v) is 4.88. The molecule has 1 heterocycles. The highest BCUT2D eigenvalue weighted by Gasteiger charge is 2.32. The summed E-state index contributed by atoms with van der Waals surface area (Å²) in [5, 5.41) is 3.54. The molecule has 29 heavy (non-hydrogen) atoms. The molecule has 0 saturated carbocycles. The Morgan fingerprint density at radius 2 is 1.79 bits per heavy atom. The van der Waals surface area contributed by atoms with Gasteiger partial charge in [0.1, 0.15) is 18.5 Å². The zero-order chi connectivity index (χ0) is 20.2. The van der Waals surface area contributed by atoms with E-state index < -0.39 is 0 Å². The second kappa shape index (κ2) is 8.23. The Bertz CT molecular complexity index is 1030. The number of carbonyl (C=O) groups is 1. The quantitative estimate of drug-likeness (QED) is 0.578. The summed E-state index contributed by atoms with van der Waals surface area (Å²) in [6, 6.07) is 25.6. The van der Waals surface area contributed by atoms with E-state index in [0.717, 1.165) is 28.1 Å². The average Bonchev–Trinajstić information content (AvgIpc) is 2.75. The highest BCUT2D eigenvalue weighted by Crippen LogP contribution is 2.35. The molecule has 3 aromatic rings. The summed E-state index contributed by atoms with van der Waals surface area (Å²) < 4.78 is 5.82. The van der Waals surface area contributed by atoms with Crippen LogP contribution in [0.1, 0.15) is 34.6 Å². The van der Waals surface area contributed by atoms with Crippen LogP contribution < -0.4 is 10.1 Å². The smallest absolute Gasteiger partial charge is 0.258 e. The minimum Gasteiger partial charge on any atom is -0.489 e. The number of amides is 1. The van der Waals surface area contributed by atoms with E-state index in [2.05, 4.69) is 11.9 Å². The van der Waals surface area contributed by atoms with Crippen molar-refractivity contribution in [3.63, 3.8) is 0 Å². The zero-order valence-electron chi connectivity index (χ0n) is 16.5. The van der Waals surface area contributed by atoms with Gasteiger partial charge in [0.2, 0.25) is 0 Å². The maximum Gasteiger partial charge on any atom is 0.258 e. The molecule has 1 unspecified atom stereocenters. The number of rotatable bonds is 6. The number of nitrogens with zero attached hydrogens (tertiary/aromatic N) is 1. The highest BCUT2D eigenvalue weighted by molar-refractivity contribution is 6.01. The first kappa shape index (κ1) is 18.8. The predicted molar refractivity (Wildman–Crippen MR) is 116 cm³/mol. The number of ether oxygens (including phenoxy) is 1. The van der Waals surface area contributed by atoms with Crippen molar-refractivity contribution in [3.05, 3.63) is 108 Å². The van der Waals surface area contributed by atoms with Gasteiger partial charge in [-0.25, -0.2) is 0 Å². The van der Waals surface area contributed by atoms with E-state index in [-0.39, 0.29) is 12.1 Å². The first-order chi connectivity index (χ1) is 14.1. The van der Waals surface area contributed by atoms with Gasteiger partial charge in [-0.2, -0.15) is 0 Å². The van der Waals surface area contributed by atoms with Crippen molar-refractivity contribution in [3.8, 4) is 5.75 Å². The minimum absolute atomic E-state index is 0.0152. The Hall–Kier alpha value is -3.53. The van der Waals surface area contributed by atoms with Crippen LogP contribution in [0.25, 0.3) is 0 Å². The van der Waals surface area contributed by atoms with E-state index in [1.54, 1.807) is 0 Å². The summed E-state index contributed by atoms with van der Waals surface area (Å²) in [5.74, 6) is 0.778. The van der Waals surface area contributed by atoms with Crippen molar-refractivity contribution >= 4 is 11.6 Å². The van der Waals surface area contributed by atoms with Gasteiger partial charge >= 0.3 is 0 Å². The molecule has 0 aliphatic carbocycles. The van der Waals surface area contributed by atoms with Gasteiger partial charge < -0.3 is 15.0 Å². The van der Waals surface area contributed by atoms with E-state index in [4.69, 9.17) is 4.74 Å². The molecular weight excluding hydrogens is 360 g/mol. The van der Waals surface area contributed by atoms with Gasteiger partial charge in [-0.3, -0.25) is 4.79 Å². The monoisotopic (exact) mass is 384 g/mol. The normalized spacial score (nSPS) is 15.4. The maximum absolute atomic E-state index is 13.3. The molecule has 1 amide bonds. The van der Waals surface area contributed by atoms with E-state index in [1.165, 1.54) is 0 Å². The van der Waals surface area contributed by atoms with Crippen LogP contribution in [0.15, 0.2) is 91.0 Å². The maximum atomic E-state index is 13.3. The van der Waals surface area contributed by atoms with Crippen LogP contribution in [0.4, 0.5) is 5.69 Å². The van der Waals surface area contributed by atoms with Crippen molar-refractivity contribution in [2.24, 2.45) is 0 Å². The van der Waals surface area contributed by atoms with Crippen LogP contribution in [-0.2, 0) is 6.54 Å². The predicted octanol–water partition coefficient (Wildman–Crippen LogP) is 5.41. The molecule has 0 spiro atoms. The summed E-state index contributed by atoms with van der Waals surface area (Å²) in [4.78, 5) is 15.2. The Morgan fingerprint density at radius 3 is 2.59 bits per heavy atom. The number of benzene rings is 3. The third kappa shape index (κ3) is 4.16. The van der Waals surface area contributed by atoms with Crippen molar-refractivity contribution in [1.82, 2.24) is 4.90 Å². The van der Waals surface area contributed by atoms with Crippen LogP contribution in [0.5, 0.6) is 5.75 Å². The van der Waals surface area contributed by atoms with Gasteiger partial charge in [-0.1, -0.05) is 61.2 Å². The van der Waals surface area contributed by atoms with E-state index >= 15 is 0 Å². The molecule has 1 aliphatic rings. The Morgan fingerprint density at radius 1 is 1.03 bits per heavy atom. The van der Waals surface area contributed by atoms with Gasteiger partial charge in [0.25, 0.3) is 5.91 Å². The third-order valence-electron chi connectivity index (χ3n) is 4.88. The highest BCUT2D eigenvalue weighted by atomic mass is 16.5. The minimum atomic E-state index is -0.286. The van der Waals surface area contributed by atoms with Crippen molar-refractivity contribution in [2.45, 2.75) is 19.6 Å². The molecule has 0 bridgehead atoms. The molecule has 4 nitrogen and oxygen atoms in total. The number of para-hydroxylation sites is 1. The second-order valence-corrected chi connectivity index (χ2v) is 7.33. The molecule has 0 saturated heterocycles. The van der Waals surface area contributed by atoms with Crippen LogP contribution in [0.2, 0.25) is 0 Å². The lowest BCUT2D eigenvalue weighted by Crippen LogP contribution is -2.42. The van der Waals surface area contributed by atoms with Crippen LogP contribution in [0, 0.1) is 0 Å². The Kier molecular flexibility index (Phi) is 5.34. The molecular formula is C25H24N2O2. The molecule has 0 radical (unpaired) electrons. The summed E-state index contributed by atoms with van der Waals surface area (Å²) in [6.45, 7) is 6.81. The number of carbonyl (C=O) groups excluding carboxylic acids is 1. The number of anilines is 1. The topological polar surface area (TPSA) is 41.6 Å². The molecule has 0 aromatic heterocycles. The molecule has 4 heteroatoms. The van der Waals surface area contributed by atoms with E-state index in [0.29, 0.717) is 18.7 Å². The molecule has 0 fully saturated rings. The lowest BCUT2D eigenvalue weighted by Gasteiger charge is -2.38. The molecule has 1 aliphatic heterocycles. The molecule has 1 N–H and O–H groups in total. The van der Waals surface area contributed by atoms with Crippen LogP contribution in [-0.4, -0.2) is 17.4 Å². The summed E-state index contributed by atoms with van der Waals surface area (Å²) in [7, 11) is 0. The standard InChI is InChI=1S/C25H24N2O2/c1-18(2)17-29-21-12-8-11-20(15-21)24-26-23-14-7-6-13-22(23)25(28)27(24)16-19-9-4-3-5-10-19/h3-15,24,26H,1,16-17H2,2H3. The van der Waals surface area contributed by atoms with E-state index in [9.17, 15) is 4.79 Å². The molecule has 146 valence electrons. The van der Waals surface area contributed by atoms with Crippen molar-refractivity contribution < 1.29 is 9.53 Å². The Labute approximate surface area is 171 Å². The van der Waals surface area contributed by atoms with E-state index in [1.807, 2.05) is 90.7 Å². The Balaban J connectivity index is 1.70. The SMILES string of the molecule is C=C(C)COc1cccc(C2Nc3ccccc3C(=O)N2Cc2ccccc2)c1. The molecule has 1 atom stereocenters. The average molecular weight is 384 g/mol. The summed E-state index contributed by atoms with van der Waals surface area (Å²) >= 11 is 0. The fraction of sp³-hybridized carbons (Fsp3) is 0.160. The molecule has 3 aromatic carbocycles. The second-order valence-electron chi connectivity index (χ2n) is 7.33. The van der Waals surface area contributed by atoms with Gasteiger partial charge in [0.05, 0.1) is 5.56 Å². The first-order valence-electron chi connectivity index (χ1n) is 9.69. The number of hydrogen-bond acceptors (Lipinski definition) is 3. The lowest BCUT2D eigenvalue weighted by atomic mass is 10.0. The summed E-state index contributed by atoms with van der Waals surface area (Å²) in [6.07, 6.45) is -0.286. The van der Waals surface area contributed by atoms with Crippen molar-refractivity contribution in [2.75, 3.05) is 11.9 Å². The zero-order valence-corrected chi connectivity index (χ0v) is 16.5. The van der Waals surface area contributed by atoms with Crippen LogP contribution in [0.3, 0.4) is 0 Å². The van der Waals surface area contributed by atoms with Gasteiger partial charge in [-0.15, -0.1) is 0 Å². The number of hydrogen-bond donors (Lipinski definition) is 1. The first-order valence-corrected chi connectivity index (χ1v) is 9.69. The fourth-order valence-electron chi connectivity index (χ4n) is 3.48. The van der Waals surface area contributed by atoms with Crippen molar-refractivity contribution in [1.29, 1.82) is 0 Å². The number of fused-ring (bicyclic) bond motifs is 1. The van der Waals surface area contributed by atoms with Gasteiger partial charge in [-0.05, 0) is 47.9 Å².